The van der Waals surface area contributed by atoms with Crippen LogP contribution in [0.2, 0.25) is 0 Å². The van der Waals surface area contributed by atoms with E-state index in [2.05, 4.69) is 24.5 Å². The van der Waals surface area contributed by atoms with E-state index in [1.807, 2.05) is 18.2 Å². The number of amides is 2. The van der Waals surface area contributed by atoms with Crippen LogP contribution >= 0.6 is 0 Å². The van der Waals surface area contributed by atoms with Gasteiger partial charge in [0, 0.05) is 5.69 Å². The Hall–Kier alpha value is -2.66. The van der Waals surface area contributed by atoms with Gasteiger partial charge < -0.3 is 15.7 Å². The molecule has 5 heteroatoms. The second-order valence-electron chi connectivity index (χ2n) is 5.85. The fourth-order valence-corrected chi connectivity index (χ4v) is 2.28. The van der Waals surface area contributed by atoms with Crippen molar-refractivity contribution < 1.29 is 14.7 Å². The van der Waals surface area contributed by atoms with Gasteiger partial charge in [0.15, 0.2) is 0 Å². The lowest BCUT2D eigenvalue weighted by molar-refractivity contribution is -0.136. The topological polar surface area (TPSA) is 78.4 Å². The van der Waals surface area contributed by atoms with E-state index in [1.165, 1.54) is 0 Å². The summed E-state index contributed by atoms with van der Waals surface area (Å²) in [6.45, 7) is 3.88. The highest BCUT2D eigenvalue weighted by Gasteiger charge is 2.19. The van der Waals surface area contributed by atoms with Crippen LogP contribution < -0.4 is 10.6 Å². The van der Waals surface area contributed by atoms with Crippen LogP contribution in [0.15, 0.2) is 54.6 Å². The monoisotopic (exact) mass is 326 g/mol. The Morgan fingerprint density at radius 3 is 2.08 bits per heavy atom. The van der Waals surface area contributed by atoms with E-state index in [-0.39, 0.29) is 6.61 Å². The standard InChI is InChI=1S/C19H22N2O3/c1-13(2)14-8-10-16(11-9-14)20-18(23)19(24)21-17(12-22)15-6-4-3-5-7-15/h3-11,13,17,22H,12H2,1-2H3,(H,20,23)(H,21,24). The van der Waals surface area contributed by atoms with Crippen molar-refractivity contribution in [2.75, 3.05) is 11.9 Å². The van der Waals surface area contributed by atoms with Gasteiger partial charge in [-0.1, -0.05) is 56.3 Å². The summed E-state index contributed by atoms with van der Waals surface area (Å²) in [5.74, 6) is -1.15. The average Bonchev–Trinajstić information content (AvgIpc) is 2.60. The van der Waals surface area contributed by atoms with Crippen LogP contribution in [0.3, 0.4) is 0 Å². The Morgan fingerprint density at radius 2 is 1.54 bits per heavy atom. The highest BCUT2D eigenvalue weighted by atomic mass is 16.3. The quantitative estimate of drug-likeness (QED) is 0.739. The van der Waals surface area contributed by atoms with Gasteiger partial charge in [0.1, 0.15) is 0 Å². The summed E-state index contributed by atoms with van der Waals surface area (Å²) in [6.07, 6.45) is 0. The first-order valence-electron chi connectivity index (χ1n) is 7.89. The molecule has 0 fully saturated rings. The molecular formula is C19H22N2O3. The predicted molar refractivity (Wildman–Crippen MR) is 93.6 cm³/mol. The number of carbonyl (C=O) groups excluding carboxylic acids is 2. The summed E-state index contributed by atoms with van der Waals surface area (Å²) in [5.41, 5.74) is 2.45. The number of carbonyl (C=O) groups is 2. The number of nitrogens with one attached hydrogen (secondary N) is 2. The molecule has 0 heterocycles. The first-order chi connectivity index (χ1) is 11.5. The minimum absolute atomic E-state index is 0.286. The number of benzene rings is 2. The van der Waals surface area contributed by atoms with Gasteiger partial charge in [-0.3, -0.25) is 9.59 Å². The zero-order valence-corrected chi connectivity index (χ0v) is 13.8. The zero-order valence-electron chi connectivity index (χ0n) is 13.8. The molecule has 0 aliphatic heterocycles. The predicted octanol–water partition coefficient (Wildman–Crippen LogP) is 2.60. The molecule has 2 rings (SSSR count). The Kier molecular flexibility index (Phi) is 6.09. The lowest BCUT2D eigenvalue weighted by Gasteiger charge is -2.16. The lowest BCUT2D eigenvalue weighted by atomic mass is 10.0. The number of anilines is 1. The molecule has 3 N–H and O–H groups in total. The van der Waals surface area contributed by atoms with Crippen molar-refractivity contribution in [3.05, 3.63) is 65.7 Å². The molecule has 1 unspecified atom stereocenters. The minimum atomic E-state index is -0.786. The smallest absolute Gasteiger partial charge is 0.313 e. The number of aliphatic hydroxyl groups excluding tert-OH is 1. The van der Waals surface area contributed by atoms with Crippen LogP contribution in [0, 0.1) is 0 Å². The molecule has 1 atom stereocenters. The molecular weight excluding hydrogens is 304 g/mol. The molecule has 5 nitrogen and oxygen atoms in total. The summed E-state index contributed by atoms with van der Waals surface area (Å²) in [6, 6.07) is 15.8. The van der Waals surface area contributed by atoms with Gasteiger partial charge in [-0.2, -0.15) is 0 Å². The van der Waals surface area contributed by atoms with Crippen molar-refractivity contribution in [2.45, 2.75) is 25.8 Å². The summed E-state index contributed by atoms with van der Waals surface area (Å²) < 4.78 is 0. The van der Waals surface area contributed by atoms with Crippen molar-refractivity contribution in [3.63, 3.8) is 0 Å². The zero-order chi connectivity index (χ0) is 17.5. The van der Waals surface area contributed by atoms with E-state index in [0.29, 0.717) is 11.6 Å². The highest BCUT2D eigenvalue weighted by Crippen LogP contribution is 2.17. The Morgan fingerprint density at radius 1 is 0.917 bits per heavy atom. The summed E-state index contributed by atoms with van der Waals surface area (Å²) in [4.78, 5) is 24.0. The van der Waals surface area contributed by atoms with Gasteiger partial charge >= 0.3 is 11.8 Å². The van der Waals surface area contributed by atoms with E-state index in [1.54, 1.807) is 36.4 Å². The molecule has 0 spiro atoms. The first-order valence-corrected chi connectivity index (χ1v) is 7.89. The molecule has 24 heavy (non-hydrogen) atoms. The van der Waals surface area contributed by atoms with Gasteiger partial charge in [-0.05, 0) is 29.2 Å². The van der Waals surface area contributed by atoms with Gasteiger partial charge in [0.25, 0.3) is 0 Å². The van der Waals surface area contributed by atoms with Crippen molar-refractivity contribution >= 4 is 17.5 Å². The van der Waals surface area contributed by atoms with E-state index < -0.39 is 17.9 Å². The number of rotatable bonds is 5. The van der Waals surface area contributed by atoms with E-state index >= 15 is 0 Å². The second kappa shape index (κ2) is 8.26. The second-order valence-corrected chi connectivity index (χ2v) is 5.85. The van der Waals surface area contributed by atoms with E-state index in [4.69, 9.17) is 0 Å². The molecule has 2 aromatic rings. The van der Waals surface area contributed by atoms with Crippen LogP contribution in [0.1, 0.15) is 36.9 Å². The molecule has 2 aromatic carbocycles. The molecule has 0 radical (unpaired) electrons. The molecule has 2 amide bonds. The molecule has 126 valence electrons. The third-order valence-electron chi connectivity index (χ3n) is 3.73. The normalized spacial score (nSPS) is 11.8. The van der Waals surface area contributed by atoms with Crippen molar-refractivity contribution in [2.24, 2.45) is 0 Å². The largest absolute Gasteiger partial charge is 0.394 e. The molecule has 0 aromatic heterocycles. The Labute approximate surface area is 141 Å². The fraction of sp³-hybridized carbons (Fsp3) is 0.263. The maximum atomic E-state index is 12.0. The van der Waals surface area contributed by atoms with E-state index in [0.717, 1.165) is 11.1 Å². The van der Waals surface area contributed by atoms with Crippen molar-refractivity contribution in [1.82, 2.24) is 5.32 Å². The van der Waals surface area contributed by atoms with Crippen LogP contribution in [0.4, 0.5) is 5.69 Å². The maximum Gasteiger partial charge on any atom is 0.313 e. The van der Waals surface area contributed by atoms with Crippen molar-refractivity contribution in [1.29, 1.82) is 0 Å². The summed E-state index contributed by atoms with van der Waals surface area (Å²) >= 11 is 0. The van der Waals surface area contributed by atoms with Crippen LogP contribution in [0.25, 0.3) is 0 Å². The molecule has 0 saturated carbocycles. The van der Waals surface area contributed by atoms with E-state index in [9.17, 15) is 14.7 Å². The summed E-state index contributed by atoms with van der Waals surface area (Å²) in [5, 5.41) is 14.5. The lowest BCUT2D eigenvalue weighted by Crippen LogP contribution is -2.39. The van der Waals surface area contributed by atoms with Crippen LogP contribution in [-0.4, -0.2) is 23.5 Å². The van der Waals surface area contributed by atoms with Crippen molar-refractivity contribution in [3.8, 4) is 0 Å². The molecule has 0 saturated heterocycles. The summed E-state index contributed by atoms with van der Waals surface area (Å²) in [7, 11) is 0. The minimum Gasteiger partial charge on any atom is -0.394 e. The third-order valence-corrected chi connectivity index (χ3v) is 3.73. The number of hydrogen-bond donors (Lipinski definition) is 3. The number of aliphatic hydroxyl groups is 1. The highest BCUT2D eigenvalue weighted by molar-refractivity contribution is 6.39. The maximum absolute atomic E-state index is 12.0. The van der Waals surface area contributed by atoms with Gasteiger partial charge in [0.05, 0.1) is 12.6 Å². The third kappa shape index (κ3) is 4.67. The van der Waals surface area contributed by atoms with Crippen LogP contribution in [-0.2, 0) is 9.59 Å². The molecule has 0 aliphatic rings. The Balaban J connectivity index is 1.97. The SMILES string of the molecule is CC(C)c1ccc(NC(=O)C(=O)NC(CO)c2ccccc2)cc1. The first kappa shape index (κ1) is 17.7. The molecule has 0 bridgehead atoms. The van der Waals surface area contributed by atoms with Gasteiger partial charge in [-0.15, -0.1) is 0 Å². The fourth-order valence-electron chi connectivity index (χ4n) is 2.28. The van der Waals surface area contributed by atoms with Crippen LogP contribution in [0.5, 0.6) is 0 Å². The van der Waals surface area contributed by atoms with Gasteiger partial charge in [-0.25, -0.2) is 0 Å². The van der Waals surface area contributed by atoms with Gasteiger partial charge in [0.2, 0.25) is 0 Å². The average molecular weight is 326 g/mol. The molecule has 0 aliphatic carbocycles. The Bertz CT molecular complexity index is 682. The number of hydrogen-bond acceptors (Lipinski definition) is 3.